The zero-order chi connectivity index (χ0) is 48.3. The lowest BCUT2D eigenvalue weighted by atomic mass is 9.89. The van der Waals surface area contributed by atoms with Gasteiger partial charge >= 0.3 is 11.9 Å². The summed E-state index contributed by atoms with van der Waals surface area (Å²) in [5.74, 6) is -1.16. The van der Waals surface area contributed by atoms with Crippen molar-refractivity contribution in [3.63, 3.8) is 0 Å². The van der Waals surface area contributed by atoms with Crippen LogP contribution >= 0.6 is 11.6 Å². The van der Waals surface area contributed by atoms with Gasteiger partial charge in [-0.05, 0) is 96.5 Å². The van der Waals surface area contributed by atoms with Crippen molar-refractivity contribution in [2.24, 2.45) is 35.1 Å². The molecule has 5 aromatic carbocycles. The van der Waals surface area contributed by atoms with Crippen LogP contribution in [0.4, 0.5) is 0 Å². The predicted molar refractivity (Wildman–Crippen MR) is 266 cm³/mol. The molecule has 0 saturated carbocycles. The van der Waals surface area contributed by atoms with Gasteiger partial charge in [0.2, 0.25) is 5.91 Å². The number of unbranched alkanes of at least 4 members (excludes halogenated alkanes) is 1. The molecule has 0 aromatic heterocycles. The van der Waals surface area contributed by atoms with Gasteiger partial charge in [0.25, 0.3) is 0 Å². The fourth-order valence-corrected chi connectivity index (χ4v) is 8.48. The molecule has 67 heavy (non-hydrogen) atoms. The molecule has 13 heteroatoms. The molecule has 0 aliphatic heterocycles. The highest BCUT2D eigenvalue weighted by Crippen LogP contribution is 2.45. The smallest absolute Gasteiger partial charge is 0.338 e. The van der Waals surface area contributed by atoms with E-state index in [-0.39, 0.29) is 55.9 Å². The van der Waals surface area contributed by atoms with Gasteiger partial charge in [0.1, 0.15) is 24.7 Å². The second-order valence-corrected chi connectivity index (χ2v) is 18.6. The molecule has 358 valence electrons. The van der Waals surface area contributed by atoms with Crippen molar-refractivity contribution in [3.8, 4) is 22.6 Å². The third kappa shape index (κ3) is 15.8. The number of nitrogens with one attached hydrogen (secondary N) is 2. The molecule has 5 aromatic rings. The van der Waals surface area contributed by atoms with E-state index in [2.05, 4.69) is 48.1 Å². The maximum atomic E-state index is 14.3. The Morgan fingerprint density at radius 2 is 1.33 bits per heavy atom. The molecule has 0 spiro atoms. The zero-order valence-corrected chi connectivity index (χ0v) is 40.4. The number of rotatable bonds is 28. The number of carbonyl (C=O) groups is 4. The number of quaternary nitrogens is 1. The van der Waals surface area contributed by atoms with Crippen molar-refractivity contribution >= 4 is 62.5 Å². The highest BCUT2D eigenvalue weighted by atomic mass is 35.5. The van der Waals surface area contributed by atoms with Gasteiger partial charge in [0, 0.05) is 40.5 Å². The van der Waals surface area contributed by atoms with E-state index in [9.17, 15) is 19.2 Å². The van der Waals surface area contributed by atoms with Crippen molar-refractivity contribution in [3.05, 3.63) is 108 Å². The Balaban J connectivity index is 1.37. The molecular formula is C54H70ClN5O7+2. The summed E-state index contributed by atoms with van der Waals surface area (Å²) in [7, 11) is 0. The van der Waals surface area contributed by atoms with E-state index in [0.717, 1.165) is 51.3 Å². The van der Waals surface area contributed by atoms with Crippen LogP contribution in [-0.2, 0) is 30.5 Å². The first kappa shape index (κ1) is 52.0. The monoisotopic (exact) mass is 935 g/mol. The molecule has 0 aliphatic carbocycles. The lowest BCUT2D eigenvalue weighted by Gasteiger charge is -2.24. The largest absolute Gasteiger partial charge is 0.493 e. The quantitative estimate of drug-likeness (QED) is 0.0150. The third-order valence-corrected chi connectivity index (χ3v) is 12.2. The van der Waals surface area contributed by atoms with Gasteiger partial charge in [0.15, 0.2) is 11.6 Å². The van der Waals surface area contributed by atoms with Gasteiger partial charge in [-0.25, -0.2) is 0 Å². The number of hydrogen-bond acceptors (Lipinski definition) is 7. The summed E-state index contributed by atoms with van der Waals surface area (Å²) in [6.07, 6.45) is 3.57. The zero-order valence-electron chi connectivity index (χ0n) is 39.6. The Morgan fingerprint density at radius 1 is 0.701 bits per heavy atom. The molecule has 1 amide bonds. The number of hydrogen-bond donors (Lipinski definition) is 5. The minimum atomic E-state index is -0.946. The summed E-state index contributed by atoms with van der Waals surface area (Å²) in [6, 6.07) is 30.3. The number of guanidine groups is 1. The Labute approximate surface area is 400 Å². The van der Waals surface area contributed by atoms with Gasteiger partial charge in [-0.15, -0.1) is 0 Å². The standard InChI is InChI=1S/C54H68ClN5O7/c1-35(2)26-29-65-48-24-22-37-14-5-8-18-43(37)50(48)51-44-19-9-6-15-38(44)23-25-49(51)66-34-42(61)31-39(16-11-12-27-56)52(63)60-46(21-13-28-59-54(57)58)47(62)32-41(30-36(3)4)53(64)67-33-40-17-7-10-20-45(40)55/h5-10,14-15,17-20,22-25,35-36,39,41,46H,11-13,16,21,26-34,56H2,1-4H3,(H,60,63)(H4,57,58,59)/p+2/t39-,41+,46+/m0/s1. The fraction of sp³-hybridized carbons (Fsp3) is 0.426. The Hall–Kier alpha value is -5.98. The summed E-state index contributed by atoms with van der Waals surface area (Å²) in [5, 5.41) is 7.46. The van der Waals surface area contributed by atoms with E-state index in [0.29, 0.717) is 67.6 Å². The molecule has 5 rings (SSSR count). The highest BCUT2D eigenvalue weighted by molar-refractivity contribution is 6.31. The van der Waals surface area contributed by atoms with Crippen LogP contribution in [0, 0.1) is 23.7 Å². The van der Waals surface area contributed by atoms with Gasteiger partial charge in [0.05, 0.1) is 31.7 Å². The number of nitrogens with two attached hydrogens (primary N) is 2. The minimum absolute atomic E-state index is 0.0317. The van der Waals surface area contributed by atoms with E-state index in [1.807, 2.05) is 74.5 Å². The van der Waals surface area contributed by atoms with E-state index in [1.165, 1.54) is 0 Å². The predicted octanol–water partition coefficient (Wildman–Crippen LogP) is 7.09. The maximum absolute atomic E-state index is 14.3. The first-order valence-corrected chi connectivity index (χ1v) is 24.1. The molecule has 12 nitrogen and oxygen atoms in total. The average Bonchev–Trinajstić information content (AvgIpc) is 3.30. The van der Waals surface area contributed by atoms with Gasteiger partial charge in [-0.3, -0.25) is 35.6 Å². The molecule has 0 radical (unpaired) electrons. The second kappa shape index (κ2) is 26.4. The average molecular weight is 937 g/mol. The molecule has 0 saturated heterocycles. The van der Waals surface area contributed by atoms with Crippen LogP contribution in [0.1, 0.15) is 91.0 Å². The van der Waals surface area contributed by atoms with Gasteiger partial charge < -0.3 is 25.3 Å². The Kier molecular flexibility index (Phi) is 20.5. The van der Waals surface area contributed by atoms with E-state index < -0.39 is 29.8 Å². The molecule has 0 aliphatic rings. The van der Waals surface area contributed by atoms with Crippen molar-refractivity contribution in [2.75, 3.05) is 26.3 Å². The first-order chi connectivity index (χ1) is 32.2. The molecular weight excluding hydrogens is 866 g/mol. The summed E-state index contributed by atoms with van der Waals surface area (Å²) in [6.45, 7) is 9.54. The SMILES string of the molecule is CC(C)CCOc1ccc2ccccc2c1-c1c(OCC(=O)C[C@H](CCCC[NH3+])C(=O)N[C@H](CCC[NH+]=C(N)N)C(=O)C[C@@H](CC(C)C)C(=O)OCc2ccccc2Cl)ccc2ccccc12. The number of esters is 1. The van der Waals surface area contributed by atoms with Crippen molar-refractivity contribution in [1.82, 2.24) is 5.32 Å². The van der Waals surface area contributed by atoms with E-state index in [4.69, 9.17) is 37.3 Å². The van der Waals surface area contributed by atoms with Crippen LogP contribution in [0.2, 0.25) is 5.02 Å². The minimum Gasteiger partial charge on any atom is -0.493 e. The number of amides is 1. The van der Waals surface area contributed by atoms with Crippen LogP contribution in [0.25, 0.3) is 32.7 Å². The Morgan fingerprint density at radius 3 is 1.94 bits per heavy atom. The van der Waals surface area contributed by atoms with E-state index >= 15 is 0 Å². The fourth-order valence-electron chi connectivity index (χ4n) is 8.29. The molecule has 0 bridgehead atoms. The number of Topliss-reactive ketones (excluding diaryl/α,β-unsaturated/α-hetero) is 2. The third-order valence-electron chi connectivity index (χ3n) is 11.8. The topological polar surface area (TPSA) is 202 Å². The van der Waals surface area contributed by atoms with Crippen LogP contribution in [0.3, 0.4) is 0 Å². The summed E-state index contributed by atoms with van der Waals surface area (Å²) in [4.78, 5) is 59.0. The van der Waals surface area contributed by atoms with Gasteiger partial charge in [-0.1, -0.05) is 118 Å². The number of ketones is 2. The van der Waals surface area contributed by atoms with Crippen LogP contribution in [0.15, 0.2) is 97.1 Å². The van der Waals surface area contributed by atoms with Crippen LogP contribution in [0.5, 0.6) is 11.5 Å². The molecule has 0 heterocycles. The second-order valence-electron chi connectivity index (χ2n) is 18.2. The van der Waals surface area contributed by atoms with Crippen LogP contribution in [-0.4, -0.2) is 61.7 Å². The van der Waals surface area contributed by atoms with E-state index in [1.54, 1.807) is 18.2 Å². The number of carbonyl (C=O) groups excluding carboxylic acids is 4. The Bertz CT molecular complexity index is 2470. The maximum Gasteiger partial charge on any atom is 0.338 e. The number of fused-ring (bicyclic) bond motifs is 2. The highest BCUT2D eigenvalue weighted by Gasteiger charge is 2.32. The van der Waals surface area contributed by atoms with Crippen molar-refractivity contribution < 1.29 is 44.1 Å². The summed E-state index contributed by atoms with van der Waals surface area (Å²) in [5.41, 5.74) is 17.6. The number of benzene rings is 5. The van der Waals surface area contributed by atoms with Gasteiger partial charge in [-0.2, -0.15) is 0 Å². The molecule has 3 atom stereocenters. The lowest BCUT2D eigenvalue weighted by molar-refractivity contribution is -0.459. The normalized spacial score (nSPS) is 12.7. The summed E-state index contributed by atoms with van der Waals surface area (Å²) < 4.78 is 18.7. The lowest BCUT2D eigenvalue weighted by Crippen LogP contribution is -2.78. The number of ether oxygens (including phenoxy) is 3. The number of halogens is 1. The molecule has 0 fully saturated rings. The van der Waals surface area contributed by atoms with Crippen LogP contribution < -0.4 is 37.0 Å². The van der Waals surface area contributed by atoms with Crippen molar-refractivity contribution in [2.45, 2.75) is 98.1 Å². The molecule has 0 unspecified atom stereocenters. The van der Waals surface area contributed by atoms with Crippen molar-refractivity contribution in [1.29, 1.82) is 0 Å². The molecule has 9 N–H and O–H groups in total. The first-order valence-electron chi connectivity index (χ1n) is 23.7. The summed E-state index contributed by atoms with van der Waals surface area (Å²) >= 11 is 6.32.